The summed E-state index contributed by atoms with van der Waals surface area (Å²) in [5, 5.41) is 0. The van der Waals surface area contributed by atoms with Crippen LogP contribution in [0.1, 0.15) is 50.8 Å². The molecule has 1 aliphatic rings. The minimum absolute atomic E-state index is 0.0808. The molecule has 2 rings (SSSR count). The Morgan fingerprint density at radius 3 is 2.79 bits per heavy atom. The van der Waals surface area contributed by atoms with Crippen LogP contribution >= 0.6 is 0 Å². The molecule has 0 saturated carbocycles. The molecule has 0 aliphatic carbocycles. The lowest BCUT2D eigenvalue weighted by atomic mass is 9.85. The van der Waals surface area contributed by atoms with Crippen LogP contribution in [0.25, 0.3) is 0 Å². The zero-order chi connectivity index (χ0) is 13.9. The average Bonchev–Trinajstić information content (AvgIpc) is 2.38. The third-order valence-corrected chi connectivity index (χ3v) is 3.82. The largest absolute Gasteiger partial charge is 0.371 e. The third kappa shape index (κ3) is 3.78. The number of hydrogen-bond acceptors (Lipinski definition) is 3. The number of hydrogen-bond donors (Lipinski definition) is 2. The van der Waals surface area contributed by atoms with Crippen LogP contribution in [0.2, 0.25) is 0 Å². The molecule has 0 saturated heterocycles. The highest BCUT2D eigenvalue weighted by Gasteiger charge is 2.28. The summed E-state index contributed by atoms with van der Waals surface area (Å²) in [7, 11) is 0. The molecule has 0 aromatic heterocycles. The van der Waals surface area contributed by atoms with Crippen molar-refractivity contribution in [2.45, 2.75) is 52.2 Å². The molecule has 0 bridgehead atoms. The van der Waals surface area contributed by atoms with Crippen molar-refractivity contribution in [1.82, 2.24) is 5.43 Å². The number of ether oxygens (including phenoxy) is 1. The molecule has 2 atom stereocenters. The van der Waals surface area contributed by atoms with Crippen LogP contribution in [0.5, 0.6) is 0 Å². The van der Waals surface area contributed by atoms with E-state index in [0.717, 1.165) is 25.9 Å². The molecule has 1 heterocycles. The predicted molar refractivity (Wildman–Crippen MR) is 78.6 cm³/mol. The van der Waals surface area contributed by atoms with Crippen LogP contribution in [0.4, 0.5) is 0 Å². The highest BCUT2D eigenvalue weighted by Crippen LogP contribution is 2.33. The van der Waals surface area contributed by atoms with Crippen LogP contribution < -0.4 is 11.3 Å². The number of rotatable bonds is 4. The lowest BCUT2D eigenvalue weighted by molar-refractivity contribution is 0.0108. The maximum absolute atomic E-state index is 5.98. The quantitative estimate of drug-likeness (QED) is 0.648. The van der Waals surface area contributed by atoms with Gasteiger partial charge in [-0.15, -0.1) is 0 Å². The van der Waals surface area contributed by atoms with Crippen LogP contribution in [-0.2, 0) is 11.2 Å². The van der Waals surface area contributed by atoms with Crippen molar-refractivity contribution in [3.8, 4) is 0 Å². The summed E-state index contributed by atoms with van der Waals surface area (Å²) in [4.78, 5) is 0. The lowest BCUT2D eigenvalue weighted by Gasteiger charge is -2.33. The summed E-state index contributed by atoms with van der Waals surface area (Å²) in [6.45, 7) is 7.57. The summed E-state index contributed by atoms with van der Waals surface area (Å²) in [5.74, 6) is 5.76. The van der Waals surface area contributed by atoms with Gasteiger partial charge in [-0.1, -0.05) is 45.0 Å². The number of nitrogens with two attached hydrogens (primary N) is 1. The summed E-state index contributed by atoms with van der Waals surface area (Å²) in [6, 6.07) is 8.72. The molecule has 1 aliphatic heterocycles. The average molecular weight is 262 g/mol. The standard InChI is InChI=1S/C16H26N2O/c1-16(2,3)10-8-14(18-17)15-13-7-5-4-6-12(13)9-11-19-15/h4-7,14-15,18H,8-11,17H2,1-3H3. The number of hydrazine groups is 1. The Morgan fingerprint density at radius 1 is 1.37 bits per heavy atom. The van der Waals surface area contributed by atoms with Crippen molar-refractivity contribution in [1.29, 1.82) is 0 Å². The first kappa shape index (κ1) is 14.5. The van der Waals surface area contributed by atoms with E-state index in [1.807, 2.05) is 0 Å². The summed E-state index contributed by atoms with van der Waals surface area (Å²) in [6.07, 6.45) is 3.24. The zero-order valence-corrected chi connectivity index (χ0v) is 12.3. The molecule has 1 aromatic rings. The van der Waals surface area contributed by atoms with Crippen molar-refractivity contribution in [2.75, 3.05) is 6.61 Å². The van der Waals surface area contributed by atoms with E-state index in [0.29, 0.717) is 5.41 Å². The molecule has 106 valence electrons. The van der Waals surface area contributed by atoms with Gasteiger partial charge in [-0.25, -0.2) is 0 Å². The van der Waals surface area contributed by atoms with Crippen LogP contribution in [-0.4, -0.2) is 12.6 Å². The molecule has 0 amide bonds. The second-order valence-electron chi connectivity index (χ2n) is 6.61. The first-order valence-electron chi connectivity index (χ1n) is 7.17. The predicted octanol–water partition coefficient (Wildman–Crippen LogP) is 2.96. The van der Waals surface area contributed by atoms with Crippen molar-refractivity contribution >= 4 is 0 Å². The van der Waals surface area contributed by atoms with Gasteiger partial charge >= 0.3 is 0 Å². The molecule has 0 spiro atoms. The summed E-state index contributed by atoms with van der Waals surface area (Å²) in [5.41, 5.74) is 5.98. The maximum atomic E-state index is 5.98. The van der Waals surface area contributed by atoms with Gasteiger partial charge < -0.3 is 4.74 Å². The van der Waals surface area contributed by atoms with Crippen molar-refractivity contribution in [3.63, 3.8) is 0 Å². The highest BCUT2D eigenvalue weighted by molar-refractivity contribution is 5.31. The topological polar surface area (TPSA) is 47.3 Å². The fraction of sp³-hybridized carbons (Fsp3) is 0.625. The maximum Gasteiger partial charge on any atom is 0.0994 e. The van der Waals surface area contributed by atoms with Gasteiger partial charge in [0.05, 0.1) is 18.8 Å². The van der Waals surface area contributed by atoms with E-state index < -0.39 is 0 Å². The fourth-order valence-corrected chi connectivity index (χ4v) is 2.67. The fourth-order valence-electron chi connectivity index (χ4n) is 2.67. The Morgan fingerprint density at radius 2 is 2.11 bits per heavy atom. The molecule has 0 fully saturated rings. The second-order valence-corrected chi connectivity index (χ2v) is 6.61. The Hall–Kier alpha value is -0.900. The Balaban J connectivity index is 2.11. The van der Waals surface area contributed by atoms with E-state index in [9.17, 15) is 0 Å². The third-order valence-electron chi connectivity index (χ3n) is 3.82. The number of fused-ring (bicyclic) bond motifs is 1. The molecule has 1 aromatic carbocycles. The van der Waals surface area contributed by atoms with E-state index in [1.165, 1.54) is 11.1 Å². The molecular weight excluding hydrogens is 236 g/mol. The number of nitrogens with one attached hydrogen (secondary N) is 1. The van der Waals surface area contributed by atoms with Crippen LogP contribution in [0, 0.1) is 5.41 Å². The molecule has 3 heteroatoms. The Labute approximate surface area is 116 Å². The van der Waals surface area contributed by atoms with E-state index in [-0.39, 0.29) is 12.1 Å². The normalized spacial score (nSPS) is 20.9. The zero-order valence-electron chi connectivity index (χ0n) is 12.3. The molecule has 2 unspecified atom stereocenters. The van der Waals surface area contributed by atoms with E-state index >= 15 is 0 Å². The molecule has 3 N–H and O–H groups in total. The van der Waals surface area contributed by atoms with Crippen molar-refractivity contribution in [3.05, 3.63) is 35.4 Å². The molecule has 3 nitrogen and oxygen atoms in total. The van der Waals surface area contributed by atoms with Gasteiger partial charge in [0.25, 0.3) is 0 Å². The second kappa shape index (κ2) is 6.04. The molecular formula is C16H26N2O. The van der Waals surface area contributed by atoms with Gasteiger partial charge in [-0.2, -0.15) is 0 Å². The van der Waals surface area contributed by atoms with E-state index in [1.54, 1.807) is 0 Å². The van der Waals surface area contributed by atoms with Crippen molar-refractivity contribution < 1.29 is 4.74 Å². The monoisotopic (exact) mass is 262 g/mol. The van der Waals surface area contributed by atoms with E-state index in [2.05, 4.69) is 50.5 Å². The van der Waals surface area contributed by atoms with Gasteiger partial charge in [-0.05, 0) is 35.8 Å². The Kier molecular flexibility index (Phi) is 4.61. The lowest BCUT2D eigenvalue weighted by Crippen LogP contribution is -2.42. The first-order chi connectivity index (χ1) is 9.01. The van der Waals surface area contributed by atoms with Crippen LogP contribution in [0.15, 0.2) is 24.3 Å². The summed E-state index contributed by atoms with van der Waals surface area (Å²) >= 11 is 0. The van der Waals surface area contributed by atoms with Crippen LogP contribution in [0.3, 0.4) is 0 Å². The van der Waals surface area contributed by atoms with Gasteiger partial charge in [0.1, 0.15) is 0 Å². The van der Waals surface area contributed by atoms with Gasteiger partial charge in [-0.3, -0.25) is 11.3 Å². The molecule has 19 heavy (non-hydrogen) atoms. The highest BCUT2D eigenvalue weighted by atomic mass is 16.5. The Bertz CT molecular complexity index is 411. The SMILES string of the molecule is CC(C)(C)CCC(NN)C1OCCc2ccccc21. The van der Waals surface area contributed by atoms with E-state index in [4.69, 9.17) is 10.6 Å². The molecule has 0 radical (unpaired) electrons. The number of benzene rings is 1. The van der Waals surface area contributed by atoms with Gasteiger partial charge in [0.2, 0.25) is 0 Å². The smallest absolute Gasteiger partial charge is 0.0994 e. The van der Waals surface area contributed by atoms with Gasteiger partial charge in [0, 0.05) is 0 Å². The minimum atomic E-state index is 0.0808. The van der Waals surface area contributed by atoms with Crippen molar-refractivity contribution in [2.24, 2.45) is 11.3 Å². The minimum Gasteiger partial charge on any atom is -0.371 e. The van der Waals surface area contributed by atoms with Gasteiger partial charge in [0.15, 0.2) is 0 Å². The summed E-state index contributed by atoms with van der Waals surface area (Å²) < 4.78 is 5.98. The first-order valence-corrected chi connectivity index (χ1v) is 7.17.